The van der Waals surface area contributed by atoms with E-state index in [1.54, 1.807) is 24.5 Å². The molecule has 1 heterocycles. The molecule has 2 atom stereocenters. The van der Waals surface area contributed by atoms with Crippen molar-refractivity contribution in [1.29, 1.82) is 0 Å². The molecule has 3 N–H and O–H groups in total. The normalized spacial score (nSPS) is 14.3. The number of H-pyrrole nitrogens is 1. The average molecular weight is 263 g/mol. The predicted molar refractivity (Wildman–Crippen MR) is 70.9 cm³/mol. The van der Waals surface area contributed by atoms with E-state index in [0.29, 0.717) is 13.0 Å². The summed E-state index contributed by atoms with van der Waals surface area (Å²) in [5, 5.41) is 13.3. The van der Waals surface area contributed by atoms with E-state index in [1.807, 2.05) is 6.92 Å². The van der Waals surface area contributed by atoms with Gasteiger partial charge in [-0.2, -0.15) is 0 Å². The number of hydrogen-bond acceptors (Lipinski definition) is 3. The van der Waals surface area contributed by atoms with E-state index in [2.05, 4.69) is 15.3 Å². The molecule has 102 valence electrons. The first kappa shape index (κ1) is 13.7. The molecule has 2 rings (SSSR count). The number of nitrogens with zero attached hydrogens (tertiary/aromatic N) is 1. The summed E-state index contributed by atoms with van der Waals surface area (Å²) in [6, 6.07) is 6.07. The molecule has 0 aliphatic heterocycles. The zero-order valence-corrected chi connectivity index (χ0v) is 10.8. The molecule has 0 radical (unpaired) electrons. The zero-order chi connectivity index (χ0) is 13.7. The van der Waals surface area contributed by atoms with E-state index in [9.17, 15) is 9.50 Å². The monoisotopic (exact) mass is 263 g/mol. The van der Waals surface area contributed by atoms with Crippen molar-refractivity contribution in [1.82, 2.24) is 15.3 Å². The van der Waals surface area contributed by atoms with Crippen molar-refractivity contribution in [2.24, 2.45) is 0 Å². The van der Waals surface area contributed by atoms with Crippen LogP contribution in [0.5, 0.6) is 0 Å². The van der Waals surface area contributed by atoms with Crippen LogP contribution in [-0.4, -0.2) is 21.1 Å². The lowest BCUT2D eigenvalue weighted by molar-refractivity contribution is 0.153. The van der Waals surface area contributed by atoms with E-state index >= 15 is 0 Å². The fourth-order valence-corrected chi connectivity index (χ4v) is 1.90. The molecule has 0 bridgehead atoms. The molecule has 1 aromatic carbocycles. The summed E-state index contributed by atoms with van der Waals surface area (Å²) in [6.07, 6.45) is 3.44. The zero-order valence-electron chi connectivity index (χ0n) is 10.8. The molecule has 0 fully saturated rings. The number of nitrogens with one attached hydrogen (secondary N) is 2. The van der Waals surface area contributed by atoms with E-state index < -0.39 is 6.10 Å². The van der Waals surface area contributed by atoms with Crippen molar-refractivity contribution in [2.75, 3.05) is 0 Å². The largest absolute Gasteiger partial charge is 0.388 e. The lowest BCUT2D eigenvalue weighted by atomic mass is 10.0. The van der Waals surface area contributed by atoms with E-state index in [-0.39, 0.29) is 11.9 Å². The van der Waals surface area contributed by atoms with Gasteiger partial charge in [-0.3, -0.25) is 0 Å². The third-order valence-corrected chi connectivity index (χ3v) is 3.00. The van der Waals surface area contributed by atoms with Crippen LogP contribution in [0.3, 0.4) is 0 Å². The van der Waals surface area contributed by atoms with Crippen LogP contribution >= 0.6 is 0 Å². The Bertz CT molecular complexity index is 484. The maximum atomic E-state index is 12.8. The Morgan fingerprint density at radius 3 is 2.74 bits per heavy atom. The summed E-state index contributed by atoms with van der Waals surface area (Å²) in [5.74, 6) is 0.572. The number of aliphatic hydroxyl groups is 1. The highest BCUT2D eigenvalue weighted by Gasteiger charge is 2.12. The van der Waals surface area contributed by atoms with Gasteiger partial charge in [0.25, 0.3) is 0 Å². The maximum absolute atomic E-state index is 12.8. The molecular weight excluding hydrogens is 245 g/mol. The van der Waals surface area contributed by atoms with E-state index in [1.165, 1.54) is 12.1 Å². The summed E-state index contributed by atoms with van der Waals surface area (Å²) < 4.78 is 12.8. The number of halogens is 1. The van der Waals surface area contributed by atoms with Crippen LogP contribution in [-0.2, 0) is 6.54 Å². The number of aromatic nitrogens is 2. The SMILES string of the molecule is C[C@H](C[C@H](O)c1ccc(F)cc1)NCc1ncc[nH]1. The molecule has 1 aromatic heterocycles. The number of aromatic amines is 1. The molecule has 0 amide bonds. The average Bonchev–Trinajstić information content (AvgIpc) is 2.90. The molecule has 0 aliphatic carbocycles. The van der Waals surface area contributed by atoms with Gasteiger partial charge in [0.1, 0.15) is 11.6 Å². The van der Waals surface area contributed by atoms with Gasteiger partial charge in [0.05, 0.1) is 12.6 Å². The van der Waals surface area contributed by atoms with Crippen LogP contribution in [0.25, 0.3) is 0 Å². The minimum atomic E-state index is -0.597. The second kappa shape index (κ2) is 6.45. The van der Waals surface area contributed by atoms with Gasteiger partial charge in [-0.05, 0) is 31.0 Å². The summed E-state index contributed by atoms with van der Waals surface area (Å²) in [7, 11) is 0. The lowest BCUT2D eigenvalue weighted by Gasteiger charge is -2.17. The van der Waals surface area contributed by atoms with Crippen molar-refractivity contribution in [2.45, 2.75) is 32.0 Å². The third-order valence-electron chi connectivity index (χ3n) is 3.00. The molecule has 19 heavy (non-hydrogen) atoms. The van der Waals surface area contributed by atoms with Gasteiger partial charge < -0.3 is 15.4 Å². The first-order chi connectivity index (χ1) is 9.15. The van der Waals surface area contributed by atoms with Crippen LogP contribution < -0.4 is 5.32 Å². The summed E-state index contributed by atoms with van der Waals surface area (Å²) in [4.78, 5) is 7.12. The number of aliphatic hydroxyl groups excluding tert-OH is 1. The fraction of sp³-hybridized carbons (Fsp3) is 0.357. The van der Waals surface area contributed by atoms with Crippen LogP contribution in [0.4, 0.5) is 4.39 Å². The first-order valence-corrected chi connectivity index (χ1v) is 6.30. The molecule has 0 unspecified atom stereocenters. The minimum absolute atomic E-state index is 0.130. The highest BCUT2D eigenvalue weighted by Crippen LogP contribution is 2.18. The molecule has 4 nitrogen and oxygen atoms in total. The van der Waals surface area contributed by atoms with Crippen LogP contribution in [0.1, 0.15) is 30.8 Å². The fourth-order valence-electron chi connectivity index (χ4n) is 1.90. The number of imidazole rings is 1. The standard InChI is InChI=1S/C14H18FN3O/c1-10(18-9-14-16-6-7-17-14)8-13(19)11-2-4-12(15)5-3-11/h2-7,10,13,18-19H,8-9H2,1H3,(H,16,17)/t10-,13+/m1/s1. The number of hydrogen-bond donors (Lipinski definition) is 3. The summed E-state index contributed by atoms with van der Waals surface area (Å²) in [5.41, 5.74) is 0.730. The van der Waals surface area contributed by atoms with E-state index in [4.69, 9.17) is 0 Å². The Morgan fingerprint density at radius 1 is 1.37 bits per heavy atom. The van der Waals surface area contributed by atoms with Gasteiger partial charge in [-0.15, -0.1) is 0 Å². The van der Waals surface area contributed by atoms with Crippen LogP contribution in [0.15, 0.2) is 36.7 Å². The molecule has 5 heteroatoms. The molecule has 2 aromatic rings. The summed E-state index contributed by atoms with van der Waals surface area (Å²) >= 11 is 0. The molecular formula is C14H18FN3O. The minimum Gasteiger partial charge on any atom is -0.388 e. The number of benzene rings is 1. The highest BCUT2D eigenvalue weighted by atomic mass is 19.1. The van der Waals surface area contributed by atoms with Crippen LogP contribution in [0.2, 0.25) is 0 Å². The Balaban J connectivity index is 1.81. The molecule has 0 saturated heterocycles. The highest BCUT2D eigenvalue weighted by molar-refractivity contribution is 5.18. The Kier molecular flexibility index (Phi) is 4.65. The van der Waals surface area contributed by atoms with Gasteiger partial charge in [0, 0.05) is 18.4 Å². The summed E-state index contributed by atoms with van der Waals surface area (Å²) in [6.45, 7) is 2.62. The maximum Gasteiger partial charge on any atom is 0.123 e. The molecule has 0 spiro atoms. The van der Waals surface area contributed by atoms with E-state index in [0.717, 1.165) is 11.4 Å². The number of rotatable bonds is 6. The van der Waals surface area contributed by atoms with Crippen molar-refractivity contribution in [3.63, 3.8) is 0 Å². The third kappa shape index (κ3) is 4.15. The smallest absolute Gasteiger partial charge is 0.123 e. The van der Waals surface area contributed by atoms with Crippen molar-refractivity contribution < 1.29 is 9.50 Å². The van der Waals surface area contributed by atoms with Gasteiger partial charge in [0.2, 0.25) is 0 Å². The van der Waals surface area contributed by atoms with Gasteiger partial charge >= 0.3 is 0 Å². The van der Waals surface area contributed by atoms with Crippen molar-refractivity contribution in [3.8, 4) is 0 Å². The van der Waals surface area contributed by atoms with Gasteiger partial charge in [-0.25, -0.2) is 9.37 Å². The lowest BCUT2D eigenvalue weighted by Crippen LogP contribution is -2.27. The Labute approximate surface area is 111 Å². The quantitative estimate of drug-likeness (QED) is 0.748. The Hall–Kier alpha value is -1.72. The Morgan fingerprint density at radius 2 is 2.11 bits per heavy atom. The first-order valence-electron chi connectivity index (χ1n) is 6.30. The molecule has 0 saturated carbocycles. The van der Waals surface area contributed by atoms with Crippen LogP contribution in [0, 0.1) is 5.82 Å². The predicted octanol–water partition coefficient (Wildman–Crippen LogP) is 2.15. The second-order valence-electron chi connectivity index (χ2n) is 4.62. The van der Waals surface area contributed by atoms with Crippen molar-refractivity contribution >= 4 is 0 Å². The van der Waals surface area contributed by atoms with Crippen molar-refractivity contribution in [3.05, 3.63) is 53.9 Å². The molecule has 0 aliphatic rings. The van der Waals surface area contributed by atoms with Gasteiger partial charge in [-0.1, -0.05) is 12.1 Å². The topological polar surface area (TPSA) is 60.9 Å². The van der Waals surface area contributed by atoms with Gasteiger partial charge in [0.15, 0.2) is 0 Å². The second-order valence-corrected chi connectivity index (χ2v) is 4.62.